The summed E-state index contributed by atoms with van der Waals surface area (Å²) in [4.78, 5) is 24.3. The van der Waals surface area contributed by atoms with Crippen molar-refractivity contribution in [2.24, 2.45) is 0 Å². The van der Waals surface area contributed by atoms with Crippen molar-refractivity contribution in [1.82, 2.24) is 4.90 Å². The van der Waals surface area contributed by atoms with Gasteiger partial charge in [-0.05, 0) is 36.6 Å². The number of carbonyl (C=O) groups is 1. The van der Waals surface area contributed by atoms with Gasteiger partial charge in [-0.3, -0.25) is 14.9 Å². The summed E-state index contributed by atoms with van der Waals surface area (Å²) in [6.07, 6.45) is 0.687. The number of carbonyl (C=O) groups excluding carboxylic acids is 1. The monoisotopic (exact) mass is 374 g/mol. The maximum absolute atomic E-state index is 12.7. The number of nitro benzene ring substituents is 1. The molecule has 0 bridgehead atoms. The lowest BCUT2D eigenvalue weighted by Gasteiger charge is -2.30. The first-order valence-corrected chi connectivity index (χ1v) is 9.69. The molecule has 1 amide bonds. The quantitative estimate of drug-likeness (QED) is 0.604. The molecule has 1 heterocycles. The largest absolute Gasteiger partial charge is 0.337 e. The molecule has 7 nitrogen and oxygen atoms in total. The molecule has 0 aliphatic carbocycles. The third-order valence-corrected chi connectivity index (χ3v) is 6.69. The molecule has 0 N–H and O–H groups in total. The van der Waals surface area contributed by atoms with Crippen molar-refractivity contribution in [2.45, 2.75) is 30.0 Å². The van der Waals surface area contributed by atoms with E-state index in [9.17, 15) is 23.3 Å². The van der Waals surface area contributed by atoms with E-state index < -0.39 is 25.9 Å². The minimum Gasteiger partial charge on any atom is -0.337 e. The predicted molar refractivity (Wildman–Crippen MR) is 95.3 cm³/mol. The van der Waals surface area contributed by atoms with Crippen LogP contribution in [-0.2, 0) is 27.6 Å². The van der Waals surface area contributed by atoms with E-state index >= 15 is 0 Å². The van der Waals surface area contributed by atoms with E-state index in [0.717, 1.165) is 17.7 Å². The Bertz CT molecular complexity index is 954. The second-order valence-electron chi connectivity index (χ2n) is 6.22. The van der Waals surface area contributed by atoms with Crippen molar-refractivity contribution in [3.8, 4) is 0 Å². The van der Waals surface area contributed by atoms with Gasteiger partial charge in [0.1, 0.15) is 5.25 Å². The maximum atomic E-state index is 12.7. The molecule has 0 fully saturated rings. The Balaban J connectivity index is 1.80. The summed E-state index contributed by atoms with van der Waals surface area (Å²) in [6.45, 7) is 2.21. The number of hydrogen-bond acceptors (Lipinski definition) is 5. The van der Waals surface area contributed by atoms with Crippen LogP contribution in [0.25, 0.3) is 0 Å². The molecule has 1 aliphatic heterocycles. The highest BCUT2D eigenvalue weighted by atomic mass is 32.2. The molecule has 26 heavy (non-hydrogen) atoms. The van der Waals surface area contributed by atoms with Crippen molar-refractivity contribution < 1.29 is 18.1 Å². The van der Waals surface area contributed by atoms with Crippen LogP contribution in [0.5, 0.6) is 0 Å². The van der Waals surface area contributed by atoms with Crippen LogP contribution in [0, 0.1) is 10.1 Å². The molecule has 0 unspecified atom stereocenters. The molecular formula is C18H18N2O5S. The number of nitrogens with zero attached hydrogens (tertiary/aromatic N) is 2. The van der Waals surface area contributed by atoms with Gasteiger partial charge < -0.3 is 4.90 Å². The first kappa shape index (κ1) is 18.1. The normalized spacial score (nSPS) is 15.2. The number of amides is 1. The van der Waals surface area contributed by atoms with E-state index in [0.29, 0.717) is 19.5 Å². The predicted octanol–water partition coefficient (Wildman–Crippen LogP) is 2.34. The second-order valence-corrected chi connectivity index (χ2v) is 8.49. The summed E-state index contributed by atoms with van der Waals surface area (Å²) >= 11 is 0. The van der Waals surface area contributed by atoms with Crippen LogP contribution < -0.4 is 0 Å². The van der Waals surface area contributed by atoms with Crippen molar-refractivity contribution >= 4 is 21.4 Å². The summed E-state index contributed by atoms with van der Waals surface area (Å²) in [5, 5.41) is 9.45. The van der Waals surface area contributed by atoms with Gasteiger partial charge in [0, 0.05) is 25.2 Å². The number of hydrogen-bond donors (Lipinski definition) is 0. The average Bonchev–Trinajstić information content (AvgIpc) is 2.66. The van der Waals surface area contributed by atoms with Crippen LogP contribution >= 0.6 is 0 Å². The molecule has 3 rings (SSSR count). The Morgan fingerprint density at radius 1 is 1.12 bits per heavy atom. The minimum absolute atomic E-state index is 0.0960. The molecule has 0 saturated heterocycles. The number of fused-ring (bicyclic) bond motifs is 1. The van der Waals surface area contributed by atoms with Crippen molar-refractivity contribution in [1.29, 1.82) is 0 Å². The van der Waals surface area contributed by atoms with Crippen LogP contribution in [0.1, 0.15) is 18.1 Å². The van der Waals surface area contributed by atoms with Crippen molar-refractivity contribution in [2.75, 3.05) is 6.54 Å². The molecule has 0 radical (unpaired) electrons. The Labute approximate surface area is 151 Å². The molecule has 0 spiro atoms. The van der Waals surface area contributed by atoms with Gasteiger partial charge in [-0.15, -0.1) is 0 Å². The van der Waals surface area contributed by atoms with Gasteiger partial charge in [-0.25, -0.2) is 8.42 Å². The molecule has 0 aromatic heterocycles. The van der Waals surface area contributed by atoms with Crippen LogP contribution in [0.15, 0.2) is 53.4 Å². The zero-order chi connectivity index (χ0) is 18.9. The average molecular weight is 374 g/mol. The Kier molecular flexibility index (Phi) is 4.78. The van der Waals surface area contributed by atoms with Gasteiger partial charge in [0.05, 0.1) is 9.82 Å². The first-order valence-electron chi connectivity index (χ1n) is 8.14. The number of nitro groups is 1. The van der Waals surface area contributed by atoms with Crippen LogP contribution in [0.3, 0.4) is 0 Å². The molecule has 2 aromatic carbocycles. The lowest BCUT2D eigenvalue weighted by atomic mass is 10.00. The molecule has 8 heteroatoms. The summed E-state index contributed by atoms with van der Waals surface area (Å²) in [6, 6.07) is 12.4. The van der Waals surface area contributed by atoms with Crippen LogP contribution in [0.4, 0.5) is 5.69 Å². The van der Waals surface area contributed by atoms with E-state index in [1.807, 2.05) is 24.3 Å². The summed E-state index contributed by atoms with van der Waals surface area (Å²) in [5.74, 6) is -0.460. The summed E-state index contributed by atoms with van der Waals surface area (Å²) < 4.78 is 25.5. The molecular weight excluding hydrogens is 356 g/mol. The SMILES string of the molecule is C[C@H](C(=O)N1CCc2ccccc2C1)S(=O)(=O)c1ccc([N+](=O)[O-])cc1. The lowest BCUT2D eigenvalue weighted by Crippen LogP contribution is -2.43. The number of sulfone groups is 1. The van der Waals surface area contributed by atoms with Gasteiger partial charge in [-0.1, -0.05) is 24.3 Å². The number of non-ortho nitro benzene ring substituents is 1. The van der Waals surface area contributed by atoms with Crippen LogP contribution in [-0.4, -0.2) is 35.9 Å². The third kappa shape index (κ3) is 3.32. The topological polar surface area (TPSA) is 97.6 Å². The summed E-state index contributed by atoms with van der Waals surface area (Å²) in [5.41, 5.74) is 1.99. The van der Waals surface area contributed by atoms with E-state index in [2.05, 4.69) is 0 Å². The highest BCUT2D eigenvalue weighted by Crippen LogP contribution is 2.24. The highest BCUT2D eigenvalue weighted by molar-refractivity contribution is 7.92. The molecule has 1 aliphatic rings. The van der Waals surface area contributed by atoms with E-state index in [-0.39, 0.29) is 10.6 Å². The lowest BCUT2D eigenvalue weighted by molar-refractivity contribution is -0.384. The van der Waals surface area contributed by atoms with Gasteiger partial charge in [0.2, 0.25) is 5.91 Å². The standard InChI is InChI=1S/C18H18N2O5S/c1-13(26(24,25)17-8-6-16(7-9-17)20(22)23)18(21)19-11-10-14-4-2-3-5-15(14)12-19/h2-9,13H,10-12H2,1H3/t13-/m1/s1. The third-order valence-electron chi connectivity index (χ3n) is 4.63. The smallest absolute Gasteiger partial charge is 0.269 e. The van der Waals surface area contributed by atoms with Crippen molar-refractivity contribution in [3.05, 3.63) is 69.8 Å². The molecule has 136 valence electrons. The maximum Gasteiger partial charge on any atom is 0.269 e. The minimum atomic E-state index is -3.92. The molecule has 0 saturated carbocycles. The van der Waals surface area contributed by atoms with Gasteiger partial charge in [-0.2, -0.15) is 0 Å². The Hall–Kier alpha value is -2.74. The summed E-state index contributed by atoms with van der Waals surface area (Å²) in [7, 11) is -3.92. The fourth-order valence-electron chi connectivity index (χ4n) is 3.04. The van der Waals surface area contributed by atoms with Gasteiger partial charge >= 0.3 is 0 Å². The zero-order valence-electron chi connectivity index (χ0n) is 14.2. The van der Waals surface area contributed by atoms with E-state index in [4.69, 9.17) is 0 Å². The first-order chi connectivity index (χ1) is 12.3. The molecule has 1 atom stereocenters. The number of rotatable bonds is 4. The van der Waals surface area contributed by atoms with Crippen LogP contribution in [0.2, 0.25) is 0 Å². The molecule has 2 aromatic rings. The fourth-order valence-corrected chi connectivity index (χ4v) is 4.37. The second kappa shape index (κ2) is 6.87. The number of benzene rings is 2. The highest BCUT2D eigenvalue weighted by Gasteiger charge is 2.34. The fraction of sp³-hybridized carbons (Fsp3) is 0.278. The van der Waals surface area contributed by atoms with Gasteiger partial charge in [0.25, 0.3) is 5.69 Å². The Morgan fingerprint density at radius 3 is 2.35 bits per heavy atom. The zero-order valence-corrected chi connectivity index (χ0v) is 15.0. The van der Waals surface area contributed by atoms with Gasteiger partial charge in [0.15, 0.2) is 9.84 Å². The van der Waals surface area contributed by atoms with E-state index in [1.165, 1.54) is 24.6 Å². The van der Waals surface area contributed by atoms with Crippen molar-refractivity contribution in [3.63, 3.8) is 0 Å². The van der Waals surface area contributed by atoms with E-state index in [1.54, 1.807) is 4.90 Å². The Morgan fingerprint density at radius 2 is 1.73 bits per heavy atom.